The summed E-state index contributed by atoms with van der Waals surface area (Å²) in [7, 11) is 0. The van der Waals surface area contributed by atoms with Crippen LogP contribution in [0.4, 0.5) is 0 Å². The predicted octanol–water partition coefficient (Wildman–Crippen LogP) is 1.75. The van der Waals surface area contributed by atoms with Gasteiger partial charge in [-0.3, -0.25) is 9.69 Å². The largest absolute Gasteiger partial charge is 0.480 e. The first-order valence-electron chi connectivity index (χ1n) is 6.13. The van der Waals surface area contributed by atoms with Crippen molar-refractivity contribution in [1.29, 1.82) is 0 Å². The van der Waals surface area contributed by atoms with E-state index in [4.69, 9.17) is 4.74 Å². The molecule has 1 aromatic rings. The van der Waals surface area contributed by atoms with Gasteiger partial charge < -0.3 is 9.84 Å². The number of nitrogens with zero attached hydrogens (tertiary/aromatic N) is 1. The number of hydrogen-bond acceptors (Lipinski definition) is 3. The summed E-state index contributed by atoms with van der Waals surface area (Å²) >= 11 is 0. The molecule has 4 heteroatoms. The molecule has 1 atom stereocenters. The zero-order chi connectivity index (χ0) is 13.2. The number of benzene rings is 1. The molecule has 1 aromatic carbocycles. The molecule has 1 aliphatic rings. The number of carboxylic acid groups (broad SMARTS) is 1. The second-order valence-electron chi connectivity index (χ2n) is 5.32. The minimum Gasteiger partial charge on any atom is -0.480 e. The van der Waals surface area contributed by atoms with E-state index in [9.17, 15) is 9.90 Å². The average Bonchev–Trinajstić information content (AvgIpc) is 2.28. The number of carboxylic acids is 1. The summed E-state index contributed by atoms with van der Waals surface area (Å²) in [5.41, 5.74) is 0.835. The van der Waals surface area contributed by atoms with Crippen LogP contribution < -0.4 is 0 Å². The third kappa shape index (κ3) is 3.09. The molecule has 1 saturated heterocycles. The minimum absolute atomic E-state index is 0.245. The third-order valence-corrected chi connectivity index (χ3v) is 3.17. The van der Waals surface area contributed by atoms with Crippen molar-refractivity contribution in [2.45, 2.75) is 32.0 Å². The fourth-order valence-electron chi connectivity index (χ4n) is 2.27. The van der Waals surface area contributed by atoms with E-state index < -0.39 is 12.0 Å². The minimum atomic E-state index is -0.818. The molecule has 0 amide bonds. The molecule has 1 heterocycles. The Kier molecular flexibility index (Phi) is 3.68. The van der Waals surface area contributed by atoms with E-state index in [1.807, 2.05) is 49.1 Å². The lowest BCUT2D eigenvalue weighted by Crippen LogP contribution is -2.56. The van der Waals surface area contributed by atoms with E-state index in [1.54, 1.807) is 0 Å². The summed E-state index contributed by atoms with van der Waals surface area (Å²) in [6.45, 7) is 5.49. The van der Waals surface area contributed by atoms with Crippen LogP contribution in [-0.4, -0.2) is 40.8 Å². The molecule has 0 aromatic heterocycles. The second-order valence-corrected chi connectivity index (χ2v) is 5.32. The van der Waals surface area contributed by atoms with Crippen LogP contribution in [-0.2, 0) is 16.1 Å². The smallest absolute Gasteiger partial charge is 0.323 e. The van der Waals surface area contributed by atoms with E-state index in [0.29, 0.717) is 13.1 Å². The number of morpholine rings is 1. The van der Waals surface area contributed by atoms with Crippen molar-refractivity contribution in [2.75, 3.05) is 13.2 Å². The van der Waals surface area contributed by atoms with Crippen molar-refractivity contribution in [3.63, 3.8) is 0 Å². The van der Waals surface area contributed by atoms with Crippen molar-refractivity contribution in [3.05, 3.63) is 35.9 Å². The summed E-state index contributed by atoms with van der Waals surface area (Å²) in [6.07, 6.45) is 0. The lowest BCUT2D eigenvalue weighted by atomic mass is 10.0. The van der Waals surface area contributed by atoms with Crippen LogP contribution in [0, 0.1) is 0 Å². The van der Waals surface area contributed by atoms with Gasteiger partial charge in [-0.15, -0.1) is 0 Å². The Labute approximate surface area is 107 Å². The number of hydrogen-bond donors (Lipinski definition) is 1. The van der Waals surface area contributed by atoms with Gasteiger partial charge in [-0.1, -0.05) is 30.3 Å². The molecule has 0 aliphatic carbocycles. The van der Waals surface area contributed by atoms with Gasteiger partial charge in [-0.25, -0.2) is 0 Å². The molecule has 98 valence electrons. The van der Waals surface area contributed by atoms with Gasteiger partial charge in [0.05, 0.1) is 12.2 Å². The SMILES string of the molecule is CC1(C)CN(Cc2ccccc2)[C@H](C(=O)O)CO1. The van der Waals surface area contributed by atoms with Crippen molar-refractivity contribution in [1.82, 2.24) is 4.90 Å². The average molecular weight is 249 g/mol. The monoisotopic (exact) mass is 249 g/mol. The zero-order valence-corrected chi connectivity index (χ0v) is 10.8. The van der Waals surface area contributed by atoms with Crippen LogP contribution in [0.5, 0.6) is 0 Å². The standard InChI is InChI=1S/C14H19NO3/c1-14(2)10-15(12(9-18-14)13(16)17)8-11-6-4-3-5-7-11/h3-7,12H,8-10H2,1-2H3,(H,16,17)/t12-/m0/s1. The fourth-order valence-corrected chi connectivity index (χ4v) is 2.27. The predicted molar refractivity (Wildman–Crippen MR) is 68.3 cm³/mol. The zero-order valence-electron chi connectivity index (χ0n) is 10.8. The van der Waals surface area contributed by atoms with Crippen LogP contribution in [0.1, 0.15) is 19.4 Å². The van der Waals surface area contributed by atoms with Gasteiger partial charge in [0.25, 0.3) is 0 Å². The van der Waals surface area contributed by atoms with Crippen LogP contribution in [0.3, 0.4) is 0 Å². The molecule has 0 saturated carbocycles. The van der Waals surface area contributed by atoms with E-state index in [2.05, 4.69) is 0 Å². The maximum Gasteiger partial charge on any atom is 0.323 e. The summed E-state index contributed by atoms with van der Waals surface area (Å²) in [5, 5.41) is 9.24. The van der Waals surface area contributed by atoms with E-state index in [0.717, 1.165) is 5.56 Å². The number of ether oxygens (including phenoxy) is 1. The summed E-state index contributed by atoms with van der Waals surface area (Å²) in [5.74, 6) is -0.818. The molecule has 1 fully saturated rings. The van der Waals surface area contributed by atoms with Crippen LogP contribution >= 0.6 is 0 Å². The summed E-state index contributed by atoms with van der Waals surface area (Å²) in [4.78, 5) is 13.2. The van der Waals surface area contributed by atoms with Crippen LogP contribution in [0.15, 0.2) is 30.3 Å². The fraction of sp³-hybridized carbons (Fsp3) is 0.500. The number of carbonyl (C=O) groups is 1. The Hall–Kier alpha value is -1.39. The molecule has 1 N–H and O–H groups in total. The lowest BCUT2D eigenvalue weighted by Gasteiger charge is -2.41. The highest BCUT2D eigenvalue weighted by molar-refractivity contribution is 5.73. The Morgan fingerprint density at radius 2 is 2.11 bits per heavy atom. The molecule has 18 heavy (non-hydrogen) atoms. The second kappa shape index (κ2) is 5.08. The van der Waals surface area contributed by atoms with Gasteiger partial charge in [-0.05, 0) is 19.4 Å². The Morgan fingerprint density at radius 1 is 1.44 bits per heavy atom. The third-order valence-electron chi connectivity index (χ3n) is 3.17. The van der Waals surface area contributed by atoms with Crippen molar-refractivity contribution < 1.29 is 14.6 Å². The quantitative estimate of drug-likeness (QED) is 0.886. The number of aliphatic carboxylic acids is 1. The Balaban J connectivity index is 2.13. The molecular formula is C14H19NO3. The molecule has 0 bridgehead atoms. The summed E-state index contributed by atoms with van der Waals surface area (Å²) < 4.78 is 5.58. The molecule has 0 spiro atoms. The van der Waals surface area contributed by atoms with Crippen molar-refractivity contribution in [3.8, 4) is 0 Å². The van der Waals surface area contributed by atoms with Gasteiger partial charge in [0, 0.05) is 13.1 Å². The maximum atomic E-state index is 11.2. The van der Waals surface area contributed by atoms with Crippen molar-refractivity contribution >= 4 is 5.97 Å². The van der Waals surface area contributed by atoms with E-state index >= 15 is 0 Å². The van der Waals surface area contributed by atoms with Gasteiger partial charge in [0.1, 0.15) is 6.04 Å². The normalized spacial score (nSPS) is 23.8. The Bertz CT molecular complexity index is 416. The van der Waals surface area contributed by atoms with E-state index in [1.165, 1.54) is 0 Å². The topological polar surface area (TPSA) is 49.8 Å². The van der Waals surface area contributed by atoms with Gasteiger partial charge in [0.15, 0.2) is 0 Å². The molecule has 2 rings (SSSR count). The first-order chi connectivity index (χ1) is 8.48. The summed E-state index contributed by atoms with van der Waals surface area (Å²) in [6, 6.07) is 9.37. The van der Waals surface area contributed by atoms with Crippen LogP contribution in [0.2, 0.25) is 0 Å². The first-order valence-corrected chi connectivity index (χ1v) is 6.13. The number of rotatable bonds is 3. The molecule has 1 aliphatic heterocycles. The molecular weight excluding hydrogens is 230 g/mol. The van der Waals surface area contributed by atoms with Crippen molar-refractivity contribution in [2.24, 2.45) is 0 Å². The van der Waals surface area contributed by atoms with Crippen LogP contribution in [0.25, 0.3) is 0 Å². The highest BCUT2D eigenvalue weighted by Crippen LogP contribution is 2.22. The molecule has 0 unspecified atom stereocenters. The highest BCUT2D eigenvalue weighted by Gasteiger charge is 2.37. The molecule has 4 nitrogen and oxygen atoms in total. The van der Waals surface area contributed by atoms with Gasteiger partial charge >= 0.3 is 5.97 Å². The van der Waals surface area contributed by atoms with Gasteiger partial charge in [0.2, 0.25) is 0 Å². The van der Waals surface area contributed by atoms with Gasteiger partial charge in [-0.2, -0.15) is 0 Å². The maximum absolute atomic E-state index is 11.2. The first kappa shape index (κ1) is 13.1. The highest BCUT2D eigenvalue weighted by atomic mass is 16.5. The Morgan fingerprint density at radius 3 is 2.72 bits per heavy atom. The van der Waals surface area contributed by atoms with E-state index in [-0.39, 0.29) is 12.2 Å². The lowest BCUT2D eigenvalue weighted by molar-refractivity contribution is -0.163. The molecule has 0 radical (unpaired) electrons.